The van der Waals surface area contributed by atoms with Crippen LogP contribution in [0, 0.1) is 11.6 Å². The van der Waals surface area contributed by atoms with Gasteiger partial charge in [-0.05, 0) is 31.0 Å². The Morgan fingerprint density at radius 2 is 1.58 bits per heavy atom. The maximum Gasteiger partial charge on any atom is 0.317 e. The first-order valence-corrected chi connectivity index (χ1v) is 8.49. The average Bonchev–Trinajstić information content (AvgIpc) is 3.13. The largest absolute Gasteiger partial charge is 0.455 e. The van der Waals surface area contributed by atoms with E-state index in [2.05, 4.69) is 5.32 Å². The lowest BCUT2D eigenvalue weighted by atomic mass is 9.78. The molecule has 0 bridgehead atoms. The molecule has 136 valence electrons. The molecule has 0 aliphatic heterocycles. The second-order valence-electron chi connectivity index (χ2n) is 6.37. The number of carbonyl (C=O) groups is 2. The first kappa shape index (κ1) is 18.0. The second-order valence-corrected chi connectivity index (χ2v) is 6.37. The highest BCUT2D eigenvalue weighted by atomic mass is 19.1. The molecule has 26 heavy (non-hydrogen) atoms. The minimum absolute atomic E-state index is 0.0123. The van der Waals surface area contributed by atoms with Crippen LogP contribution in [0.25, 0.3) is 0 Å². The van der Waals surface area contributed by atoms with E-state index in [4.69, 9.17) is 4.74 Å². The van der Waals surface area contributed by atoms with E-state index in [0.29, 0.717) is 18.4 Å². The molecule has 1 aliphatic carbocycles. The molecule has 0 radical (unpaired) electrons. The summed E-state index contributed by atoms with van der Waals surface area (Å²) in [5.74, 6) is -2.30. The van der Waals surface area contributed by atoms with Crippen molar-refractivity contribution >= 4 is 17.6 Å². The smallest absolute Gasteiger partial charge is 0.317 e. The maximum atomic E-state index is 14.2. The van der Waals surface area contributed by atoms with E-state index in [1.807, 2.05) is 0 Å². The predicted molar refractivity (Wildman–Crippen MR) is 92.5 cm³/mol. The number of halogens is 2. The van der Waals surface area contributed by atoms with Gasteiger partial charge in [-0.15, -0.1) is 0 Å². The predicted octanol–water partition coefficient (Wildman–Crippen LogP) is 3.96. The van der Waals surface area contributed by atoms with Gasteiger partial charge in [0.1, 0.15) is 11.6 Å². The van der Waals surface area contributed by atoms with Gasteiger partial charge in [0.05, 0.1) is 11.1 Å². The Morgan fingerprint density at radius 1 is 0.962 bits per heavy atom. The fraction of sp³-hybridized carbons (Fsp3) is 0.300. The lowest BCUT2D eigenvalue weighted by molar-refractivity contribution is -0.153. The quantitative estimate of drug-likeness (QED) is 0.822. The first-order valence-electron chi connectivity index (χ1n) is 8.49. The summed E-state index contributed by atoms with van der Waals surface area (Å²) in [6, 6.07) is 11.8. The van der Waals surface area contributed by atoms with Gasteiger partial charge in [0.2, 0.25) is 0 Å². The number of esters is 1. The normalized spacial score (nSPS) is 15.5. The molecule has 2 aromatic carbocycles. The topological polar surface area (TPSA) is 55.4 Å². The van der Waals surface area contributed by atoms with Gasteiger partial charge in [-0.1, -0.05) is 43.2 Å². The zero-order chi connectivity index (χ0) is 18.6. The monoisotopic (exact) mass is 359 g/mol. The molecule has 6 heteroatoms. The van der Waals surface area contributed by atoms with E-state index >= 15 is 0 Å². The van der Waals surface area contributed by atoms with Crippen molar-refractivity contribution in [1.82, 2.24) is 0 Å². The molecular weight excluding hydrogens is 340 g/mol. The number of nitrogens with one attached hydrogen (secondary N) is 1. The van der Waals surface area contributed by atoms with Crippen molar-refractivity contribution in [3.8, 4) is 0 Å². The molecule has 2 aromatic rings. The summed E-state index contributed by atoms with van der Waals surface area (Å²) in [6.07, 6.45) is 2.51. The van der Waals surface area contributed by atoms with Gasteiger partial charge in [0.25, 0.3) is 5.91 Å². The van der Waals surface area contributed by atoms with E-state index in [-0.39, 0.29) is 5.69 Å². The molecule has 0 saturated heterocycles. The van der Waals surface area contributed by atoms with Crippen LogP contribution >= 0.6 is 0 Å². The molecular formula is C20H19F2NO3. The van der Waals surface area contributed by atoms with E-state index in [0.717, 1.165) is 12.8 Å². The van der Waals surface area contributed by atoms with Crippen LogP contribution in [0.1, 0.15) is 31.2 Å². The summed E-state index contributed by atoms with van der Waals surface area (Å²) < 4.78 is 33.0. The lowest BCUT2D eigenvalue weighted by Gasteiger charge is -2.27. The zero-order valence-electron chi connectivity index (χ0n) is 14.1. The number of benzene rings is 2. The van der Waals surface area contributed by atoms with Crippen LogP contribution in [0.5, 0.6) is 0 Å². The number of carbonyl (C=O) groups excluding carboxylic acids is 2. The number of para-hydroxylation sites is 1. The summed E-state index contributed by atoms with van der Waals surface area (Å²) in [6.45, 7) is -0.552. The Balaban J connectivity index is 1.69. The van der Waals surface area contributed by atoms with Crippen LogP contribution in [-0.4, -0.2) is 18.5 Å². The molecule has 1 saturated carbocycles. The molecule has 1 fully saturated rings. The molecule has 0 atom stereocenters. The summed E-state index contributed by atoms with van der Waals surface area (Å²) >= 11 is 0. The fourth-order valence-electron chi connectivity index (χ4n) is 3.43. The molecule has 3 rings (SSSR count). The summed E-state index contributed by atoms with van der Waals surface area (Å²) in [7, 11) is 0. The van der Waals surface area contributed by atoms with Gasteiger partial charge in [0, 0.05) is 5.56 Å². The number of rotatable bonds is 5. The maximum absolute atomic E-state index is 14.2. The average molecular weight is 359 g/mol. The molecule has 1 amide bonds. The molecule has 1 aliphatic rings. The van der Waals surface area contributed by atoms with Crippen LogP contribution in [0.2, 0.25) is 0 Å². The summed E-state index contributed by atoms with van der Waals surface area (Å²) in [5, 5.41) is 2.35. The highest BCUT2D eigenvalue weighted by Gasteiger charge is 2.45. The summed E-state index contributed by atoms with van der Waals surface area (Å²) in [5.41, 5.74) is -0.751. The molecule has 0 aromatic heterocycles. The Labute approximate surface area is 150 Å². The zero-order valence-corrected chi connectivity index (χ0v) is 14.1. The third-order valence-electron chi connectivity index (χ3n) is 4.72. The third kappa shape index (κ3) is 3.59. The van der Waals surface area contributed by atoms with Gasteiger partial charge < -0.3 is 10.1 Å². The SMILES string of the molecule is O=C(COC(=O)C1(c2ccccc2F)CCCC1)Nc1ccccc1F. The van der Waals surface area contributed by atoms with Crippen molar-refractivity contribution in [1.29, 1.82) is 0 Å². The Hall–Kier alpha value is -2.76. The van der Waals surface area contributed by atoms with Crippen molar-refractivity contribution in [3.05, 3.63) is 65.7 Å². The highest BCUT2D eigenvalue weighted by Crippen LogP contribution is 2.43. The molecule has 4 nitrogen and oxygen atoms in total. The number of amides is 1. The van der Waals surface area contributed by atoms with Crippen LogP contribution in [0.3, 0.4) is 0 Å². The van der Waals surface area contributed by atoms with E-state index < -0.39 is 35.5 Å². The number of anilines is 1. The Morgan fingerprint density at radius 3 is 2.23 bits per heavy atom. The Bertz CT molecular complexity index is 816. The molecule has 1 N–H and O–H groups in total. The minimum atomic E-state index is -1.07. The van der Waals surface area contributed by atoms with Crippen molar-refractivity contribution in [3.63, 3.8) is 0 Å². The van der Waals surface area contributed by atoms with E-state index in [9.17, 15) is 18.4 Å². The van der Waals surface area contributed by atoms with Crippen molar-refractivity contribution < 1.29 is 23.1 Å². The van der Waals surface area contributed by atoms with Crippen LogP contribution in [0.15, 0.2) is 48.5 Å². The van der Waals surface area contributed by atoms with Crippen molar-refractivity contribution in [2.24, 2.45) is 0 Å². The number of hydrogen-bond acceptors (Lipinski definition) is 3. The summed E-state index contributed by atoms with van der Waals surface area (Å²) in [4.78, 5) is 24.7. The van der Waals surface area contributed by atoms with E-state index in [1.54, 1.807) is 24.3 Å². The van der Waals surface area contributed by atoms with E-state index in [1.165, 1.54) is 24.3 Å². The third-order valence-corrected chi connectivity index (χ3v) is 4.72. The molecule has 0 spiro atoms. The number of hydrogen-bond donors (Lipinski definition) is 1. The minimum Gasteiger partial charge on any atom is -0.455 e. The van der Waals surface area contributed by atoms with Crippen LogP contribution in [0.4, 0.5) is 14.5 Å². The highest BCUT2D eigenvalue weighted by molar-refractivity contribution is 5.94. The number of ether oxygens (including phenoxy) is 1. The fourth-order valence-corrected chi connectivity index (χ4v) is 3.43. The molecule has 0 heterocycles. The van der Waals surface area contributed by atoms with Crippen molar-refractivity contribution in [2.45, 2.75) is 31.1 Å². The van der Waals surface area contributed by atoms with Gasteiger partial charge >= 0.3 is 5.97 Å². The van der Waals surface area contributed by atoms with Gasteiger partial charge in [0.15, 0.2) is 6.61 Å². The van der Waals surface area contributed by atoms with Crippen LogP contribution in [-0.2, 0) is 19.7 Å². The Kier molecular flexibility index (Phi) is 5.30. The van der Waals surface area contributed by atoms with Crippen molar-refractivity contribution in [2.75, 3.05) is 11.9 Å². The second kappa shape index (κ2) is 7.64. The van der Waals surface area contributed by atoms with Crippen LogP contribution < -0.4 is 5.32 Å². The standard InChI is InChI=1S/C20H19F2NO3/c21-15-8-2-1-7-14(15)20(11-5-6-12-20)19(25)26-13-18(24)23-17-10-4-3-9-16(17)22/h1-4,7-10H,5-6,11-13H2,(H,23,24). The first-order chi connectivity index (χ1) is 12.5. The van der Waals surface area contributed by atoms with Gasteiger partial charge in [-0.25, -0.2) is 8.78 Å². The van der Waals surface area contributed by atoms with Gasteiger partial charge in [-0.3, -0.25) is 9.59 Å². The van der Waals surface area contributed by atoms with Gasteiger partial charge in [-0.2, -0.15) is 0 Å². The lowest BCUT2D eigenvalue weighted by Crippen LogP contribution is -2.37. The molecule has 0 unspecified atom stereocenters.